The highest BCUT2D eigenvalue weighted by Crippen LogP contribution is 2.15. The van der Waals surface area contributed by atoms with Gasteiger partial charge < -0.3 is 9.84 Å². The van der Waals surface area contributed by atoms with Crippen LogP contribution in [0.3, 0.4) is 0 Å². The number of halogens is 1. The summed E-state index contributed by atoms with van der Waals surface area (Å²) >= 11 is 3.14. The standard InChI is InChI=1S/C12H13BrO3/c1-2-16-11-5-3-9(4-6-11)7-10(8-13)12(14)15/h3-7H,2,8H2,1H3,(H,14,15). The summed E-state index contributed by atoms with van der Waals surface area (Å²) in [5.41, 5.74) is 1.17. The number of carboxylic acid groups (broad SMARTS) is 1. The molecule has 0 saturated carbocycles. The van der Waals surface area contributed by atoms with Gasteiger partial charge in [-0.15, -0.1) is 0 Å². The first kappa shape index (κ1) is 12.8. The fraction of sp³-hybridized carbons (Fsp3) is 0.250. The van der Waals surface area contributed by atoms with Crippen LogP contribution in [0.5, 0.6) is 5.75 Å². The van der Waals surface area contributed by atoms with Crippen LogP contribution in [0.2, 0.25) is 0 Å². The van der Waals surface area contributed by atoms with E-state index in [4.69, 9.17) is 9.84 Å². The lowest BCUT2D eigenvalue weighted by Crippen LogP contribution is -2.01. The van der Waals surface area contributed by atoms with Crippen LogP contribution in [0.4, 0.5) is 0 Å². The number of hydrogen-bond donors (Lipinski definition) is 1. The van der Waals surface area contributed by atoms with Crippen LogP contribution >= 0.6 is 15.9 Å². The Balaban J connectivity index is 2.85. The van der Waals surface area contributed by atoms with E-state index >= 15 is 0 Å². The van der Waals surface area contributed by atoms with Gasteiger partial charge in [-0.25, -0.2) is 4.79 Å². The molecule has 0 fully saturated rings. The first-order valence-electron chi connectivity index (χ1n) is 4.90. The van der Waals surface area contributed by atoms with E-state index in [1.54, 1.807) is 6.08 Å². The zero-order valence-corrected chi connectivity index (χ0v) is 10.5. The van der Waals surface area contributed by atoms with Crippen LogP contribution in [0.25, 0.3) is 6.08 Å². The Morgan fingerprint density at radius 1 is 1.44 bits per heavy atom. The number of benzene rings is 1. The average molecular weight is 285 g/mol. The third-order valence-electron chi connectivity index (χ3n) is 1.95. The molecule has 0 aromatic heterocycles. The normalized spacial score (nSPS) is 11.2. The number of hydrogen-bond acceptors (Lipinski definition) is 2. The molecular formula is C12H13BrO3. The summed E-state index contributed by atoms with van der Waals surface area (Å²) in [5.74, 6) is -0.124. The van der Waals surface area contributed by atoms with Crippen LogP contribution in [-0.2, 0) is 4.79 Å². The second-order valence-electron chi connectivity index (χ2n) is 3.11. The SMILES string of the molecule is CCOc1ccc(C=C(CBr)C(=O)O)cc1. The van der Waals surface area contributed by atoms with Gasteiger partial charge in [0, 0.05) is 10.9 Å². The summed E-state index contributed by atoms with van der Waals surface area (Å²) in [5, 5.41) is 9.18. The minimum atomic E-state index is -0.911. The molecular weight excluding hydrogens is 272 g/mol. The third-order valence-corrected chi connectivity index (χ3v) is 2.55. The van der Waals surface area contributed by atoms with Crippen molar-refractivity contribution in [3.05, 3.63) is 35.4 Å². The first-order valence-corrected chi connectivity index (χ1v) is 6.02. The van der Waals surface area contributed by atoms with Gasteiger partial charge in [0.15, 0.2) is 0 Å². The minimum absolute atomic E-state index is 0.323. The molecule has 0 amide bonds. The number of carboxylic acids is 1. The van der Waals surface area contributed by atoms with E-state index in [2.05, 4.69) is 15.9 Å². The van der Waals surface area contributed by atoms with Gasteiger partial charge in [0.25, 0.3) is 0 Å². The molecule has 16 heavy (non-hydrogen) atoms. The average Bonchev–Trinajstić information content (AvgIpc) is 2.28. The smallest absolute Gasteiger partial charge is 0.332 e. The zero-order chi connectivity index (χ0) is 12.0. The van der Waals surface area contributed by atoms with Crippen LogP contribution in [0, 0.1) is 0 Å². The molecule has 1 N–H and O–H groups in total. The molecule has 0 saturated heterocycles. The highest BCUT2D eigenvalue weighted by Gasteiger charge is 2.04. The van der Waals surface area contributed by atoms with Crippen molar-refractivity contribution < 1.29 is 14.6 Å². The van der Waals surface area contributed by atoms with Gasteiger partial charge in [-0.3, -0.25) is 0 Å². The van der Waals surface area contributed by atoms with E-state index in [9.17, 15) is 4.79 Å². The highest BCUT2D eigenvalue weighted by molar-refractivity contribution is 9.09. The molecule has 4 heteroatoms. The maximum absolute atomic E-state index is 10.8. The number of alkyl halides is 1. The van der Waals surface area contributed by atoms with Crippen LogP contribution < -0.4 is 4.74 Å². The van der Waals surface area contributed by atoms with Crippen molar-refractivity contribution in [1.29, 1.82) is 0 Å². The topological polar surface area (TPSA) is 46.5 Å². The Hall–Kier alpha value is -1.29. The molecule has 0 unspecified atom stereocenters. The monoisotopic (exact) mass is 284 g/mol. The largest absolute Gasteiger partial charge is 0.494 e. The van der Waals surface area contributed by atoms with Gasteiger partial charge in [-0.2, -0.15) is 0 Å². The molecule has 1 aromatic carbocycles. The number of carbonyl (C=O) groups is 1. The third kappa shape index (κ3) is 3.70. The molecule has 0 bridgehead atoms. The van der Waals surface area contributed by atoms with Crippen LogP contribution in [-0.4, -0.2) is 23.0 Å². The van der Waals surface area contributed by atoms with Gasteiger partial charge in [0.2, 0.25) is 0 Å². The summed E-state index contributed by atoms with van der Waals surface area (Å²) in [6, 6.07) is 7.30. The molecule has 3 nitrogen and oxygen atoms in total. The van der Waals surface area contributed by atoms with Crippen molar-refractivity contribution in [3.63, 3.8) is 0 Å². The van der Waals surface area contributed by atoms with E-state index in [0.29, 0.717) is 17.5 Å². The Morgan fingerprint density at radius 3 is 2.50 bits per heavy atom. The lowest BCUT2D eigenvalue weighted by molar-refractivity contribution is -0.132. The molecule has 1 rings (SSSR count). The second-order valence-corrected chi connectivity index (χ2v) is 3.67. The van der Waals surface area contributed by atoms with Crippen LogP contribution in [0.15, 0.2) is 29.8 Å². The molecule has 0 radical (unpaired) electrons. The fourth-order valence-corrected chi connectivity index (χ4v) is 1.59. The summed E-state index contributed by atoms with van der Waals surface area (Å²) in [6.07, 6.45) is 1.63. The Kier molecular flexibility index (Phi) is 5.05. The van der Waals surface area contributed by atoms with Crippen molar-refractivity contribution in [3.8, 4) is 5.75 Å². The van der Waals surface area contributed by atoms with Crippen molar-refractivity contribution in [2.75, 3.05) is 11.9 Å². The molecule has 0 aliphatic heterocycles. The van der Waals surface area contributed by atoms with E-state index in [0.717, 1.165) is 11.3 Å². The number of ether oxygens (including phenoxy) is 1. The van der Waals surface area contributed by atoms with Crippen molar-refractivity contribution in [1.82, 2.24) is 0 Å². The van der Waals surface area contributed by atoms with Gasteiger partial charge >= 0.3 is 5.97 Å². The molecule has 0 spiro atoms. The van der Waals surface area contributed by atoms with E-state index in [1.165, 1.54) is 0 Å². The molecule has 86 valence electrons. The molecule has 0 aliphatic rings. The van der Waals surface area contributed by atoms with Crippen LogP contribution in [0.1, 0.15) is 12.5 Å². The maximum Gasteiger partial charge on any atom is 0.332 e. The summed E-state index contributed by atoms with van der Waals surface area (Å²) in [6.45, 7) is 2.54. The van der Waals surface area contributed by atoms with E-state index in [1.807, 2.05) is 31.2 Å². The minimum Gasteiger partial charge on any atom is -0.494 e. The summed E-state index contributed by atoms with van der Waals surface area (Å²) in [4.78, 5) is 10.8. The zero-order valence-electron chi connectivity index (χ0n) is 8.94. The van der Waals surface area contributed by atoms with Gasteiger partial charge in [0.1, 0.15) is 5.75 Å². The number of rotatable bonds is 5. The lowest BCUT2D eigenvalue weighted by atomic mass is 10.1. The van der Waals surface area contributed by atoms with E-state index < -0.39 is 5.97 Å². The highest BCUT2D eigenvalue weighted by atomic mass is 79.9. The Bertz CT molecular complexity index is 382. The maximum atomic E-state index is 10.8. The summed E-state index contributed by atoms with van der Waals surface area (Å²) in [7, 11) is 0. The quantitative estimate of drug-likeness (QED) is 0.668. The molecule has 0 atom stereocenters. The van der Waals surface area contributed by atoms with E-state index in [-0.39, 0.29) is 0 Å². The first-order chi connectivity index (χ1) is 7.67. The van der Waals surface area contributed by atoms with Crippen molar-refractivity contribution in [2.24, 2.45) is 0 Å². The Morgan fingerprint density at radius 2 is 2.06 bits per heavy atom. The lowest BCUT2D eigenvalue weighted by Gasteiger charge is -2.03. The molecule has 1 aromatic rings. The second kappa shape index (κ2) is 6.33. The Labute approximate surface area is 103 Å². The molecule has 0 aliphatic carbocycles. The van der Waals surface area contributed by atoms with Gasteiger partial charge in [-0.05, 0) is 30.7 Å². The van der Waals surface area contributed by atoms with Gasteiger partial charge in [0.05, 0.1) is 6.61 Å². The van der Waals surface area contributed by atoms with Gasteiger partial charge in [-0.1, -0.05) is 28.1 Å². The predicted molar refractivity (Wildman–Crippen MR) is 67.0 cm³/mol. The van der Waals surface area contributed by atoms with Crippen molar-refractivity contribution in [2.45, 2.75) is 6.92 Å². The number of aliphatic carboxylic acids is 1. The predicted octanol–water partition coefficient (Wildman–Crippen LogP) is 2.95. The van der Waals surface area contributed by atoms with Crippen molar-refractivity contribution >= 4 is 28.0 Å². The fourth-order valence-electron chi connectivity index (χ4n) is 1.19. The molecule has 0 heterocycles. The summed E-state index contributed by atoms with van der Waals surface area (Å²) < 4.78 is 5.29.